The van der Waals surface area contributed by atoms with Gasteiger partial charge in [0.2, 0.25) is 0 Å². The molecule has 0 saturated carbocycles. The first-order chi connectivity index (χ1) is 11.9. The van der Waals surface area contributed by atoms with Crippen molar-refractivity contribution in [2.24, 2.45) is 0 Å². The van der Waals surface area contributed by atoms with Gasteiger partial charge in [0.05, 0.1) is 11.6 Å². The largest absolute Gasteiger partial charge is 0.313 e. The third-order valence-corrected chi connectivity index (χ3v) is 4.24. The highest BCUT2D eigenvalue weighted by Crippen LogP contribution is 2.20. The smallest absolute Gasteiger partial charge is 0.113 e. The lowest BCUT2D eigenvalue weighted by Gasteiger charge is -2.13. The molecule has 0 radical (unpaired) electrons. The van der Waals surface area contributed by atoms with Gasteiger partial charge < -0.3 is 5.32 Å². The van der Waals surface area contributed by atoms with Crippen molar-refractivity contribution in [2.45, 2.75) is 31.8 Å². The maximum atomic E-state index is 4.30. The highest BCUT2D eigenvalue weighted by atomic mass is 15.4. The molecule has 0 aliphatic rings. The third kappa shape index (κ3) is 4.09. The molecule has 1 unspecified atom stereocenters. The number of benzene rings is 2. The molecule has 0 spiro atoms. The van der Waals surface area contributed by atoms with E-state index in [2.05, 4.69) is 52.5 Å². The molecule has 1 heterocycles. The van der Waals surface area contributed by atoms with Crippen LogP contribution >= 0.6 is 0 Å². The lowest BCUT2D eigenvalue weighted by molar-refractivity contribution is 0.473. The van der Waals surface area contributed by atoms with Gasteiger partial charge in [0.1, 0.15) is 5.52 Å². The average molecular weight is 320 g/mol. The second kappa shape index (κ2) is 8.41. The van der Waals surface area contributed by atoms with Gasteiger partial charge in [-0.2, -0.15) is 0 Å². The Morgan fingerprint density at radius 2 is 1.83 bits per heavy atom. The molecule has 1 N–H and O–H groups in total. The van der Waals surface area contributed by atoms with Crippen molar-refractivity contribution >= 4 is 11.0 Å². The average Bonchev–Trinajstić information content (AvgIpc) is 3.06. The van der Waals surface area contributed by atoms with Gasteiger partial charge in [-0.1, -0.05) is 53.8 Å². The van der Waals surface area contributed by atoms with Crippen LogP contribution in [-0.2, 0) is 6.54 Å². The van der Waals surface area contributed by atoms with E-state index in [9.17, 15) is 0 Å². The van der Waals surface area contributed by atoms with Crippen molar-refractivity contribution in [3.8, 4) is 0 Å². The summed E-state index contributed by atoms with van der Waals surface area (Å²) >= 11 is 0. The minimum Gasteiger partial charge on any atom is -0.313 e. The summed E-state index contributed by atoms with van der Waals surface area (Å²) in [5.74, 6) is 0. The number of aromatic nitrogens is 3. The molecule has 0 aliphatic carbocycles. The van der Waals surface area contributed by atoms with Crippen LogP contribution in [0, 0.1) is 0 Å². The summed E-state index contributed by atoms with van der Waals surface area (Å²) in [5, 5.41) is 12.0. The molecule has 1 aromatic heterocycles. The van der Waals surface area contributed by atoms with Gasteiger partial charge in [0, 0.05) is 6.54 Å². The first-order valence-corrected chi connectivity index (χ1v) is 8.55. The number of para-hydroxylation sites is 1. The predicted octanol–water partition coefficient (Wildman–Crippen LogP) is 4.12. The minimum absolute atomic E-state index is 0.200. The molecule has 3 aromatic rings. The van der Waals surface area contributed by atoms with E-state index in [1.807, 2.05) is 35.0 Å². The normalized spacial score (nSPS) is 12.3. The van der Waals surface area contributed by atoms with E-state index in [-0.39, 0.29) is 6.04 Å². The summed E-state index contributed by atoms with van der Waals surface area (Å²) in [7, 11) is 0. The number of rotatable bonds is 9. The first-order valence-electron chi connectivity index (χ1n) is 8.55. The van der Waals surface area contributed by atoms with Crippen LogP contribution in [0.15, 0.2) is 67.3 Å². The lowest BCUT2D eigenvalue weighted by atomic mass is 10.1. The Morgan fingerprint density at radius 3 is 2.67 bits per heavy atom. The van der Waals surface area contributed by atoms with Gasteiger partial charge in [-0.05, 0) is 43.5 Å². The second-order valence-electron chi connectivity index (χ2n) is 5.98. The maximum absolute atomic E-state index is 4.30. The van der Waals surface area contributed by atoms with E-state index in [0.717, 1.165) is 43.4 Å². The van der Waals surface area contributed by atoms with Gasteiger partial charge >= 0.3 is 0 Å². The molecule has 4 heteroatoms. The van der Waals surface area contributed by atoms with Gasteiger partial charge in [0.15, 0.2) is 0 Å². The number of nitrogens with one attached hydrogen (secondary N) is 1. The fourth-order valence-electron chi connectivity index (χ4n) is 2.90. The van der Waals surface area contributed by atoms with E-state index in [0.29, 0.717) is 0 Å². The summed E-state index contributed by atoms with van der Waals surface area (Å²) in [6.45, 7) is 5.93. The van der Waals surface area contributed by atoms with Crippen molar-refractivity contribution in [1.82, 2.24) is 20.3 Å². The lowest BCUT2D eigenvalue weighted by Crippen LogP contribution is -2.15. The van der Waals surface area contributed by atoms with Crippen LogP contribution < -0.4 is 5.32 Å². The Hall–Kier alpha value is -2.46. The van der Waals surface area contributed by atoms with E-state index in [1.165, 1.54) is 5.56 Å². The summed E-state index contributed by atoms with van der Waals surface area (Å²) < 4.78 is 1.99. The quantitative estimate of drug-likeness (QED) is 0.476. The van der Waals surface area contributed by atoms with Gasteiger partial charge in [0.25, 0.3) is 0 Å². The summed E-state index contributed by atoms with van der Waals surface area (Å²) in [5.41, 5.74) is 3.34. The zero-order valence-electron chi connectivity index (χ0n) is 13.9. The number of fused-ring (bicyclic) bond motifs is 1. The monoisotopic (exact) mass is 320 g/mol. The van der Waals surface area contributed by atoms with E-state index in [4.69, 9.17) is 0 Å². The van der Waals surface area contributed by atoms with E-state index < -0.39 is 0 Å². The zero-order valence-corrected chi connectivity index (χ0v) is 13.9. The SMILES string of the molecule is C=CC(CCCCNCc1ccccc1)n1nnc2ccccc21. The summed E-state index contributed by atoms with van der Waals surface area (Å²) in [6.07, 6.45) is 5.28. The molecule has 0 aliphatic heterocycles. The van der Waals surface area contributed by atoms with Crippen LogP contribution in [0.25, 0.3) is 11.0 Å². The molecule has 2 aromatic carbocycles. The van der Waals surface area contributed by atoms with Crippen molar-refractivity contribution in [3.63, 3.8) is 0 Å². The zero-order chi connectivity index (χ0) is 16.6. The van der Waals surface area contributed by atoms with Gasteiger partial charge in [-0.15, -0.1) is 11.7 Å². The third-order valence-electron chi connectivity index (χ3n) is 4.24. The number of unbranched alkanes of at least 4 members (excludes halogenated alkanes) is 1. The molecule has 1 atom stereocenters. The number of hydrogen-bond donors (Lipinski definition) is 1. The Morgan fingerprint density at radius 1 is 1.04 bits per heavy atom. The van der Waals surface area contributed by atoms with Crippen LogP contribution in [0.2, 0.25) is 0 Å². The van der Waals surface area contributed by atoms with E-state index in [1.54, 1.807) is 0 Å². The van der Waals surface area contributed by atoms with Crippen LogP contribution in [-0.4, -0.2) is 21.5 Å². The fraction of sp³-hybridized carbons (Fsp3) is 0.300. The Kier molecular flexibility index (Phi) is 5.75. The number of hydrogen-bond acceptors (Lipinski definition) is 3. The van der Waals surface area contributed by atoms with Crippen LogP contribution in [0.4, 0.5) is 0 Å². The fourth-order valence-corrected chi connectivity index (χ4v) is 2.90. The van der Waals surface area contributed by atoms with Crippen LogP contribution in [0.3, 0.4) is 0 Å². The van der Waals surface area contributed by atoms with Gasteiger partial charge in [-0.25, -0.2) is 4.68 Å². The topological polar surface area (TPSA) is 42.7 Å². The van der Waals surface area contributed by atoms with E-state index >= 15 is 0 Å². The maximum Gasteiger partial charge on any atom is 0.113 e. The minimum atomic E-state index is 0.200. The molecule has 0 bridgehead atoms. The standard InChI is InChI=1S/C20H24N4/c1-2-18(24-20-14-7-6-13-19(20)22-23-24)12-8-9-15-21-16-17-10-4-3-5-11-17/h2-7,10-11,13-14,18,21H,1,8-9,12,15-16H2. The molecular weight excluding hydrogens is 296 g/mol. The number of nitrogens with zero attached hydrogens (tertiary/aromatic N) is 3. The highest BCUT2D eigenvalue weighted by Gasteiger charge is 2.11. The van der Waals surface area contributed by atoms with Crippen molar-refractivity contribution < 1.29 is 0 Å². The summed E-state index contributed by atoms with van der Waals surface area (Å²) in [6, 6.07) is 18.8. The molecule has 0 fully saturated rings. The molecule has 4 nitrogen and oxygen atoms in total. The summed E-state index contributed by atoms with van der Waals surface area (Å²) in [4.78, 5) is 0. The molecule has 3 rings (SSSR count). The van der Waals surface area contributed by atoms with Crippen molar-refractivity contribution in [3.05, 3.63) is 72.8 Å². The van der Waals surface area contributed by atoms with Crippen LogP contribution in [0.5, 0.6) is 0 Å². The first kappa shape index (κ1) is 16.4. The Labute approximate surface area is 143 Å². The van der Waals surface area contributed by atoms with Crippen molar-refractivity contribution in [2.75, 3.05) is 6.54 Å². The molecular formula is C20H24N4. The Balaban J connectivity index is 1.44. The highest BCUT2D eigenvalue weighted by molar-refractivity contribution is 5.74. The van der Waals surface area contributed by atoms with Gasteiger partial charge in [-0.3, -0.25) is 0 Å². The van der Waals surface area contributed by atoms with Crippen LogP contribution in [0.1, 0.15) is 30.9 Å². The molecule has 24 heavy (non-hydrogen) atoms. The number of allylic oxidation sites excluding steroid dienone is 1. The Bertz CT molecular complexity index is 763. The molecule has 0 amide bonds. The second-order valence-corrected chi connectivity index (χ2v) is 5.98. The molecule has 124 valence electrons. The van der Waals surface area contributed by atoms with Crippen molar-refractivity contribution in [1.29, 1.82) is 0 Å². The predicted molar refractivity (Wildman–Crippen MR) is 98.8 cm³/mol. The molecule has 0 saturated heterocycles.